The number of pyridine rings is 1. The van der Waals surface area contributed by atoms with Gasteiger partial charge in [-0.05, 0) is 42.3 Å². The molecule has 2 aliphatic heterocycles. The van der Waals surface area contributed by atoms with Crippen LogP contribution in [-0.4, -0.2) is 36.6 Å². The van der Waals surface area contributed by atoms with Crippen LogP contribution in [0, 0.1) is 6.92 Å². The minimum Gasteiger partial charge on any atom is -0.299 e. The molecule has 5 nitrogen and oxygen atoms in total. The lowest BCUT2D eigenvalue weighted by Gasteiger charge is -2.18. The average Bonchev–Trinajstić information content (AvgIpc) is 3.15. The van der Waals surface area contributed by atoms with Crippen molar-refractivity contribution in [1.82, 2.24) is 19.7 Å². The number of thioether (sulfide) groups is 1. The Labute approximate surface area is 185 Å². The lowest BCUT2D eigenvalue weighted by atomic mass is 9.97. The highest BCUT2D eigenvalue weighted by Crippen LogP contribution is 2.34. The van der Waals surface area contributed by atoms with E-state index in [9.17, 15) is 0 Å². The predicted molar refractivity (Wildman–Crippen MR) is 122 cm³/mol. The topological polar surface area (TPSA) is 46.6 Å². The number of hydrogen-bond donors (Lipinski definition) is 0. The zero-order valence-corrected chi connectivity index (χ0v) is 18.1. The predicted octanol–water partition coefficient (Wildman–Crippen LogP) is 4.32. The average molecular weight is 425 g/mol. The summed E-state index contributed by atoms with van der Waals surface area (Å²) >= 11 is 1.92. The maximum absolute atomic E-state index is 4.57. The number of aryl methyl sites for hydroxylation is 1. The third-order valence-corrected chi connectivity index (χ3v) is 7.12. The molecule has 0 atom stereocenters. The molecule has 0 fully saturated rings. The molecule has 6 rings (SSSR count). The van der Waals surface area contributed by atoms with Gasteiger partial charge in [0.15, 0.2) is 18.2 Å². The molecule has 0 aliphatic carbocycles. The normalized spacial score (nSPS) is 17.5. The summed E-state index contributed by atoms with van der Waals surface area (Å²) in [6, 6.07) is 19.7. The zero-order valence-electron chi connectivity index (χ0n) is 17.3. The Hall–Kier alpha value is -3.25. The second kappa shape index (κ2) is 7.46. The van der Waals surface area contributed by atoms with Gasteiger partial charge in [0.1, 0.15) is 0 Å². The molecule has 0 spiro atoms. The van der Waals surface area contributed by atoms with E-state index in [-0.39, 0.29) is 0 Å². The Morgan fingerprint density at radius 2 is 1.81 bits per heavy atom. The molecule has 31 heavy (non-hydrogen) atoms. The number of rotatable bonds is 1. The van der Waals surface area contributed by atoms with E-state index in [1.807, 2.05) is 24.2 Å². The van der Waals surface area contributed by atoms with Crippen LogP contribution in [0.3, 0.4) is 0 Å². The van der Waals surface area contributed by atoms with Gasteiger partial charge < -0.3 is 0 Å². The van der Waals surface area contributed by atoms with Crippen LogP contribution in [0.4, 0.5) is 0 Å². The minimum atomic E-state index is 0.745. The van der Waals surface area contributed by atoms with Crippen molar-refractivity contribution in [2.45, 2.75) is 30.7 Å². The minimum absolute atomic E-state index is 0.745. The van der Waals surface area contributed by atoms with Gasteiger partial charge in [-0.25, -0.2) is 4.58 Å². The Morgan fingerprint density at radius 1 is 0.968 bits per heavy atom. The summed E-state index contributed by atoms with van der Waals surface area (Å²) in [5.74, 6) is 2.90. The van der Waals surface area contributed by atoms with E-state index in [0.717, 1.165) is 48.2 Å². The van der Waals surface area contributed by atoms with Gasteiger partial charge in [-0.15, -0.1) is 22.0 Å². The van der Waals surface area contributed by atoms with Crippen molar-refractivity contribution >= 4 is 17.5 Å². The molecule has 152 valence electrons. The molecule has 0 saturated heterocycles. The van der Waals surface area contributed by atoms with Gasteiger partial charge in [0, 0.05) is 28.6 Å². The Bertz CT molecular complexity index is 1290. The van der Waals surface area contributed by atoms with Crippen LogP contribution in [0.2, 0.25) is 0 Å². The van der Waals surface area contributed by atoms with Gasteiger partial charge in [0.05, 0.1) is 17.7 Å². The molecule has 2 aromatic heterocycles. The SMILES string of the molecule is Cc1cncc(-c2nnc3n2CC[N+](=C2c4ccccc4CSc4ccccc42)C3)c1. The van der Waals surface area contributed by atoms with Gasteiger partial charge in [-0.2, -0.15) is 0 Å². The highest BCUT2D eigenvalue weighted by Gasteiger charge is 2.31. The maximum atomic E-state index is 4.57. The largest absolute Gasteiger partial charge is 0.299 e. The Balaban J connectivity index is 1.49. The molecule has 0 radical (unpaired) electrons. The molecule has 2 aromatic carbocycles. The first kappa shape index (κ1) is 18.5. The molecule has 0 bridgehead atoms. The van der Waals surface area contributed by atoms with Gasteiger partial charge >= 0.3 is 0 Å². The van der Waals surface area contributed by atoms with E-state index in [2.05, 4.69) is 85.8 Å². The van der Waals surface area contributed by atoms with Crippen LogP contribution in [0.25, 0.3) is 11.4 Å². The van der Waals surface area contributed by atoms with Crippen LogP contribution in [0.15, 0.2) is 71.9 Å². The Morgan fingerprint density at radius 3 is 2.71 bits per heavy atom. The van der Waals surface area contributed by atoms with E-state index in [1.54, 1.807) is 0 Å². The number of benzene rings is 2. The van der Waals surface area contributed by atoms with Crippen LogP contribution < -0.4 is 0 Å². The fraction of sp³-hybridized carbons (Fsp3) is 0.200. The van der Waals surface area contributed by atoms with Crippen LogP contribution >= 0.6 is 11.8 Å². The van der Waals surface area contributed by atoms with E-state index >= 15 is 0 Å². The first-order valence-corrected chi connectivity index (χ1v) is 11.5. The zero-order chi connectivity index (χ0) is 20.8. The number of fused-ring (bicyclic) bond motifs is 3. The van der Waals surface area contributed by atoms with Crippen molar-refractivity contribution in [1.29, 1.82) is 0 Å². The van der Waals surface area contributed by atoms with Crippen molar-refractivity contribution in [2.24, 2.45) is 0 Å². The molecule has 4 aromatic rings. The van der Waals surface area contributed by atoms with Crippen molar-refractivity contribution in [3.8, 4) is 11.4 Å². The summed E-state index contributed by atoms with van der Waals surface area (Å²) in [4.78, 5) is 5.68. The molecule has 0 N–H and O–H groups in total. The first-order chi connectivity index (χ1) is 15.3. The molecule has 6 heteroatoms. The second-order valence-corrected chi connectivity index (χ2v) is 9.07. The molecule has 0 amide bonds. The molecule has 2 aliphatic rings. The van der Waals surface area contributed by atoms with Gasteiger partial charge in [-0.1, -0.05) is 30.3 Å². The summed E-state index contributed by atoms with van der Waals surface area (Å²) in [5, 5.41) is 9.10. The van der Waals surface area contributed by atoms with Crippen LogP contribution in [0.1, 0.15) is 28.1 Å². The van der Waals surface area contributed by atoms with Crippen LogP contribution in [0.5, 0.6) is 0 Å². The Kier molecular flexibility index (Phi) is 4.46. The molecule has 4 heterocycles. The highest BCUT2D eigenvalue weighted by molar-refractivity contribution is 7.98. The number of nitrogens with zero attached hydrogens (tertiary/aromatic N) is 5. The van der Waals surface area contributed by atoms with Crippen molar-refractivity contribution in [3.05, 3.63) is 95.1 Å². The standard InChI is InChI=1S/C25H22N5S/c1-17-12-19(14-26-13-17)25-28-27-23-15-29(10-11-30(23)25)24-20-7-3-2-6-18(20)16-31-22-9-5-4-8-21(22)24/h2-9,12-14H,10-11,15-16H2,1H3/q+1. The lowest BCUT2D eigenvalue weighted by Crippen LogP contribution is -2.33. The van der Waals surface area contributed by atoms with Gasteiger partial charge in [0.25, 0.3) is 0 Å². The highest BCUT2D eigenvalue weighted by atomic mass is 32.2. The first-order valence-electron chi connectivity index (χ1n) is 10.5. The summed E-state index contributed by atoms with van der Waals surface area (Å²) < 4.78 is 4.72. The molecular weight excluding hydrogens is 402 g/mol. The summed E-state index contributed by atoms with van der Waals surface area (Å²) in [6.45, 7) is 4.57. The summed E-state index contributed by atoms with van der Waals surface area (Å²) in [5.41, 5.74) is 7.50. The molecular formula is C25H22N5S+. The second-order valence-electron chi connectivity index (χ2n) is 8.05. The fourth-order valence-corrected chi connectivity index (χ4v) is 5.60. The van der Waals surface area contributed by atoms with E-state index in [1.165, 1.54) is 27.3 Å². The van der Waals surface area contributed by atoms with Crippen LogP contribution in [-0.2, 0) is 18.8 Å². The fourth-order valence-electron chi connectivity index (χ4n) is 4.55. The van der Waals surface area contributed by atoms with E-state index in [4.69, 9.17) is 0 Å². The lowest BCUT2D eigenvalue weighted by molar-refractivity contribution is -0.552. The maximum Gasteiger partial charge on any atom is 0.216 e. The number of aromatic nitrogens is 4. The molecule has 0 unspecified atom stereocenters. The van der Waals surface area contributed by atoms with Crippen molar-refractivity contribution in [2.75, 3.05) is 6.54 Å². The third-order valence-electron chi connectivity index (χ3n) is 6.00. The monoisotopic (exact) mass is 424 g/mol. The smallest absolute Gasteiger partial charge is 0.216 e. The molecule has 0 saturated carbocycles. The summed E-state index contributed by atoms with van der Waals surface area (Å²) in [7, 11) is 0. The summed E-state index contributed by atoms with van der Waals surface area (Å²) in [6.07, 6.45) is 3.74. The van der Waals surface area contributed by atoms with Crippen molar-refractivity contribution < 1.29 is 4.58 Å². The quantitative estimate of drug-likeness (QED) is 0.427. The number of hydrogen-bond acceptors (Lipinski definition) is 4. The van der Waals surface area contributed by atoms with Gasteiger partial charge in [0.2, 0.25) is 12.3 Å². The van der Waals surface area contributed by atoms with Crippen molar-refractivity contribution in [3.63, 3.8) is 0 Å². The van der Waals surface area contributed by atoms with E-state index in [0.29, 0.717) is 0 Å². The third kappa shape index (κ3) is 3.18. The van der Waals surface area contributed by atoms with E-state index < -0.39 is 0 Å². The van der Waals surface area contributed by atoms with Gasteiger partial charge in [-0.3, -0.25) is 9.55 Å².